The number of benzene rings is 3. The Labute approximate surface area is 169 Å². The molecule has 0 N–H and O–H groups in total. The maximum absolute atomic E-state index is 12.7. The molecule has 1 fully saturated rings. The highest BCUT2D eigenvalue weighted by molar-refractivity contribution is 5.93. The molecule has 0 bridgehead atoms. The number of nitrogens with zero attached hydrogens (tertiary/aromatic N) is 1. The molecule has 0 saturated carbocycles. The van der Waals surface area contributed by atoms with Gasteiger partial charge in [-0.2, -0.15) is 0 Å². The van der Waals surface area contributed by atoms with Crippen LogP contribution in [0.1, 0.15) is 23.1 Å². The summed E-state index contributed by atoms with van der Waals surface area (Å²) in [6.45, 7) is 0.206. The van der Waals surface area contributed by atoms with E-state index < -0.39 is 11.6 Å². The summed E-state index contributed by atoms with van der Waals surface area (Å²) in [6, 6.07) is 26.1. The van der Waals surface area contributed by atoms with Gasteiger partial charge in [-0.15, -0.1) is 0 Å². The Hall–Kier alpha value is -3.24. The van der Waals surface area contributed by atoms with Gasteiger partial charge in [0, 0.05) is 6.42 Å². The van der Waals surface area contributed by atoms with Crippen molar-refractivity contribution in [1.29, 1.82) is 0 Å². The van der Waals surface area contributed by atoms with Crippen molar-refractivity contribution in [2.45, 2.75) is 18.0 Å². The molecular weight excluding hydrogens is 362 g/mol. The van der Waals surface area contributed by atoms with Crippen LogP contribution in [0.4, 0.5) is 0 Å². The number of methoxy groups -OCH3 is 1. The van der Waals surface area contributed by atoms with Crippen molar-refractivity contribution in [3.8, 4) is 11.1 Å². The second-order valence-electron chi connectivity index (χ2n) is 7.58. The second kappa shape index (κ2) is 6.68. The van der Waals surface area contributed by atoms with Crippen LogP contribution in [0, 0.1) is 0 Å². The number of hydrogen-bond acceptors (Lipinski definition) is 4. The first-order chi connectivity index (χ1) is 14.2. The monoisotopic (exact) mass is 383 g/mol. The van der Waals surface area contributed by atoms with Gasteiger partial charge in [-0.25, -0.2) is 0 Å². The lowest BCUT2D eigenvalue weighted by atomic mass is 9.78. The van der Waals surface area contributed by atoms with Crippen molar-refractivity contribution < 1.29 is 14.3 Å². The van der Waals surface area contributed by atoms with Crippen molar-refractivity contribution in [1.82, 2.24) is 4.90 Å². The zero-order valence-corrected chi connectivity index (χ0v) is 16.2. The Kier molecular flexibility index (Phi) is 4.10. The summed E-state index contributed by atoms with van der Waals surface area (Å²) in [7, 11) is 1.38. The minimum Gasteiger partial charge on any atom is -0.468 e. The van der Waals surface area contributed by atoms with Gasteiger partial charge in [-0.1, -0.05) is 78.9 Å². The topological polar surface area (TPSA) is 46.6 Å². The molecular formula is C25H21NO3. The summed E-state index contributed by atoms with van der Waals surface area (Å²) in [4.78, 5) is 27.3. The van der Waals surface area contributed by atoms with E-state index in [2.05, 4.69) is 36.4 Å². The summed E-state index contributed by atoms with van der Waals surface area (Å²) in [5, 5.41) is 0. The van der Waals surface area contributed by atoms with Gasteiger partial charge in [-0.3, -0.25) is 14.5 Å². The molecule has 0 unspecified atom stereocenters. The van der Waals surface area contributed by atoms with Crippen molar-refractivity contribution in [3.05, 3.63) is 95.6 Å². The molecule has 4 nitrogen and oxygen atoms in total. The molecule has 4 heteroatoms. The molecule has 1 atom stereocenters. The van der Waals surface area contributed by atoms with Gasteiger partial charge in [0.05, 0.1) is 19.2 Å². The molecule has 1 saturated heterocycles. The molecule has 3 aromatic rings. The maximum Gasteiger partial charge on any atom is 0.323 e. The molecule has 0 radical (unpaired) electrons. The molecule has 144 valence electrons. The van der Waals surface area contributed by atoms with E-state index in [1.807, 2.05) is 47.4 Å². The summed E-state index contributed by atoms with van der Waals surface area (Å²) in [5.41, 5.74) is 4.78. The van der Waals surface area contributed by atoms with Gasteiger partial charge in [0.15, 0.2) is 0 Å². The number of ketones is 1. The first-order valence-corrected chi connectivity index (χ1v) is 9.79. The van der Waals surface area contributed by atoms with Crippen LogP contribution in [0.3, 0.4) is 0 Å². The second-order valence-corrected chi connectivity index (χ2v) is 7.58. The highest BCUT2D eigenvalue weighted by Gasteiger charge is 2.55. The molecule has 29 heavy (non-hydrogen) atoms. The van der Waals surface area contributed by atoms with Crippen LogP contribution in [0.2, 0.25) is 0 Å². The third-order valence-electron chi connectivity index (χ3n) is 6.16. The Bertz CT molecular complexity index is 1060. The van der Waals surface area contributed by atoms with Crippen molar-refractivity contribution >= 4 is 11.8 Å². The molecule has 2 aliphatic rings. The zero-order chi connectivity index (χ0) is 20.0. The molecule has 1 heterocycles. The fourth-order valence-corrected chi connectivity index (χ4v) is 5.07. The maximum atomic E-state index is 12.7. The lowest BCUT2D eigenvalue weighted by Crippen LogP contribution is -2.52. The molecule has 0 aromatic heterocycles. The highest BCUT2D eigenvalue weighted by Crippen LogP contribution is 2.55. The Balaban J connectivity index is 1.87. The number of carbonyl (C=O) groups excluding carboxylic acids is 2. The minimum atomic E-state index is -0.723. The van der Waals surface area contributed by atoms with Gasteiger partial charge >= 0.3 is 5.97 Å². The van der Waals surface area contributed by atoms with Gasteiger partial charge in [0.1, 0.15) is 11.8 Å². The molecule has 1 aliphatic carbocycles. The molecule has 1 aliphatic heterocycles. The van der Waals surface area contributed by atoms with Gasteiger partial charge < -0.3 is 4.74 Å². The Morgan fingerprint density at radius 2 is 1.45 bits per heavy atom. The van der Waals surface area contributed by atoms with Crippen LogP contribution < -0.4 is 0 Å². The van der Waals surface area contributed by atoms with Crippen molar-refractivity contribution in [3.63, 3.8) is 0 Å². The quantitative estimate of drug-likeness (QED) is 0.646. The zero-order valence-electron chi connectivity index (χ0n) is 16.2. The first kappa shape index (κ1) is 17.8. The lowest BCUT2D eigenvalue weighted by molar-refractivity contribution is -0.147. The average Bonchev–Trinajstić information content (AvgIpc) is 3.30. The van der Waals surface area contributed by atoms with E-state index in [0.717, 1.165) is 27.8 Å². The number of likely N-dealkylation sites (tertiary alicyclic amines) is 1. The van der Waals surface area contributed by atoms with Crippen LogP contribution >= 0.6 is 0 Å². The number of ether oxygens (including phenoxy) is 1. The minimum absolute atomic E-state index is 0.0533. The van der Waals surface area contributed by atoms with Crippen molar-refractivity contribution in [2.75, 3.05) is 13.7 Å². The summed E-state index contributed by atoms with van der Waals surface area (Å²) in [5.74, 6) is -0.314. The average molecular weight is 383 g/mol. The van der Waals surface area contributed by atoms with Crippen LogP contribution in [0.25, 0.3) is 11.1 Å². The third kappa shape index (κ3) is 2.42. The number of hydrogen-bond donors (Lipinski definition) is 0. The number of Topliss-reactive ketones (excluding diaryl/α,β-unsaturated/α-hetero) is 1. The number of rotatable bonds is 3. The fraction of sp³-hybridized carbons (Fsp3) is 0.200. The molecule has 0 amide bonds. The predicted molar refractivity (Wildman–Crippen MR) is 110 cm³/mol. The van der Waals surface area contributed by atoms with E-state index in [9.17, 15) is 9.59 Å². The van der Waals surface area contributed by atoms with Crippen molar-refractivity contribution in [2.24, 2.45) is 0 Å². The van der Waals surface area contributed by atoms with E-state index >= 15 is 0 Å². The summed E-state index contributed by atoms with van der Waals surface area (Å²) < 4.78 is 5.10. The van der Waals surface area contributed by atoms with E-state index in [-0.39, 0.29) is 24.7 Å². The number of carbonyl (C=O) groups is 2. The molecule has 5 rings (SSSR count). The van der Waals surface area contributed by atoms with Crippen LogP contribution in [-0.2, 0) is 19.9 Å². The normalized spacial score (nSPS) is 19.6. The summed E-state index contributed by atoms with van der Waals surface area (Å²) in [6.07, 6.45) is 0.172. The standard InChI is InChI=1S/C25H21NO3/c1-29-24(28)23-15-18(27)16-26(23)25(17-9-3-2-4-10-17)21-13-7-5-11-19(21)20-12-6-8-14-22(20)25/h2-14,23H,15-16H2,1H3/t23-/m0/s1. The van der Waals surface area contributed by atoms with E-state index in [1.165, 1.54) is 7.11 Å². The lowest BCUT2D eigenvalue weighted by Gasteiger charge is -2.43. The van der Waals surface area contributed by atoms with E-state index in [0.29, 0.717) is 0 Å². The van der Waals surface area contributed by atoms with E-state index in [4.69, 9.17) is 4.74 Å². The van der Waals surface area contributed by atoms with Crippen LogP contribution in [0.15, 0.2) is 78.9 Å². The first-order valence-electron chi connectivity index (χ1n) is 9.79. The Morgan fingerprint density at radius 1 is 0.897 bits per heavy atom. The number of esters is 1. The molecule has 0 spiro atoms. The largest absolute Gasteiger partial charge is 0.468 e. The Morgan fingerprint density at radius 3 is 2.03 bits per heavy atom. The molecule has 3 aromatic carbocycles. The predicted octanol–water partition coefficient (Wildman–Crippen LogP) is 3.78. The summed E-state index contributed by atoms with van der Waals surface area (Å²) >= 11 is 0. The van der Waals surface area contributed by atoms with Gasteiger partial charge in [-0.05, 0) is 27.8 Å². The highest BCUT2D eigenvalue weighted by atomic mass is 16.5. The smallest absolute Gasteiger partial charge is 0.323 e. The van der Waals surface area contributed by atoms with Crippen LogP contribution in [-0.4, -0.2) is 36.3 Å². The fourth-order valence-electron chi connectivity index (χ4n) is 5.07. The van der Waals surface area contributed by atoms with Gasteiger partial charge in [0.25, 0.3) is 0 Å². The van der Waals surface area contributed by atoms with Crippen LogP contribution in [0.5, 0.6) is 0 Å². The SMILES string of the molecule is COC(=O)[C@@H]1CC(=O)CN1C1(c2ccccc2)c2ccccc2-c2ccccc21. The van der Waals surface area contributed by atoms with E-state index in [1.54, 1.807) is 0 Å². The number of fused-ring (bicyclic) bond motifs is 3. The third-order valence-corrected chi connectivity index (χ3v) is 6.16. The van der Waals surface area contributed by atoms with Gasteiger partial charge in [0.2, 0.25) is 0 Å².